The number of carbonyl (C=O) groups is 2. The number of hydrogen-bond donors (Lipinski definition) is 1. The number of hydrogen-bond acceptors (Lipinski definition) is 4. The first-order valence-electron chi connectivity index (χ1n) is 8.06. The van der Waals surface area contributed by atoms with Gasteiger partial charge in [-0.15, -0.1) is 0 Å². The van der Waals surface area contributed by atoms with Gasteiger partial charge in [0, 0.05) is 18.5 Å². The highest BCUT2D eigenvalue weighted by Gasteiger charge is 2.37. The van der Waals surface area contributed by atoms with Crippen molar-refractivity contribution in [3.8, 4) is 0 Å². The van der Waals surface area contributed by atoms with Gasteiger partial charge in [-0.3, -0.25) is 9.59 Å². The highest BCUT2D eigenvalue weighted by molar-refractivity contribution is 7.94. The molecule has 0 spiro atoms. The van der Waals surface area contributed by atoms with Crippen molar-refractivity contribution in [1.29, 1.82) is 0 Å². The number of rotatable bonds is 5. The van der Waals surface area contributed by atoms with Crippen LogP contribution in [0.25, 0.3) is 0 Å². The summed E-state index contributed by atoms with van der Waals surface area (Å²) in [6.07, 6.45) is 0.582. The van der Waals surface area contributed by atoms with Crippen LogP contribution in [-0.2, 0) is 21.2 Å². The Morgan fingerprint density at radius 3 is 2.54 bits per heavy atom. The molecule has 1 aliphatic heterocycles. The molecule has 8 heteroatoms. The molecule has 0 atom stereocenters. The minimum atomic E-state index is -3.74. The Morgan fingerprint density at radius 1 is 1.15 bits per heavy atom. The van der Waals surface area contributed by atoms with Gasteiger partial charge in [-0.2, -0.15) is 0 Å². The number of amides is 2. The largest absolute Gasteiger partial charge is 0.352 e. The quantitative estimate of drug-likeness (QED) is 0.846. The van der Waals surface area contributed by atoms with Crippen molar-refractivity contribution in [3.05, 3.63) is 64.7 Å². The lowest BCUT2D eigenvalue weighted by atomic mass is 10.1. The minimum Gasteiger partial charge on any atom is -0.352 e. The molecule has 0 bridgehead atoms. The van der Waals surface area contributed by atoms with Crippen molar-refractivity contribution in [2.24, 2.45) is 0 Å². The van der Waals surface area contributed by atoms with E-state index in [1.54, 1.807) is 0 Å². The third kappa shape index (κ3) is 3.89. The topological polar surface area (TPSA) is 83.6 Å². The SMILES string of the molecule is O=C(NCCc1ccccc1)c1ccc(Cl)c(N2C(=O)CCS2(=O)=O)c1. The second kappa shape index (κ2) is 7.47. The van der Waals surface area contributed by atoms with Gasteiger partial charge < -0.3 is 5.32 Å². The van der Waals surface area contributed by atoms with Crippen molar-refractivity contribution < 1.29 is 18.0 Å². The summed E-state index contributed by atoms with van der Waals surface area (Å²) in [7, 11) is -3.74. The van der Waals surface area contributed by atoms with E-state index in [1.165, 1.54) is 18.2 Å². The first-order valence-corrected chi connectivity index (χ1v) is 10.0. The molecule has 2 aromatic carbocycles. The fraction of sp³-hybridized carbons (Fsp3) is 0.222. The Morgan fingerprint density at radius 2 is 1.88 bits per heavy atom. The van der Waals surface area contributed by atoms with Gasteiger partial charge in [-0.1, -0.05) is 41.9 Å². The molecule has 1 heterocycles. The smallest absolute Gasteiger partial charge is 0.251 e. The molecule has 6 nitrogen and oxygen atoms in total. The summed E-state index contributed by atoms with van der Waals surface area (Å²) >= 11 is 6.07. The maximum absolute atomic E-state index is 12.3. The van der Waals surface area contributed by atoms with Gasteiger partial charge in [0.25, 0.3) is 5.91 Å². The average molecular weight is 393 g/mol. The van der Waals surface area contributed by atoms with Gasteiger partial charge >= 0.3 is 0 Å². The number of benzene rings is 2. The number of nitrogens with one attached hydrogen (secondary N) is 1. The molecule has 0 saturated carbocycles. The monoisotopic (exact) mass is 392 g/mol. The molecule has 1 N–H and O–H groups in total. The molecule has 0 unspecified atom stereocenters. The van der Waals surface area contributed by atoms with Crippen LogP contribution < -0.4 is 9.62 Å². The van der Waals surface area contributed by atoms with Crippen LogP contribution in [0, 0.1) is 0 Å². The number of carbonyl (C=O) groups excluding carboxylic acids is 2. The van der Waals surface area contributed by atoms with E-state index >= 15 is 0 Å². The third-order valence-corrected chi connectivity index (χ3v) is 6.04. The zero-order valence-electron chi connectivity index (χ0n) is 13.8. The number of nitrogens with zero attached hydrogens (tertiary/aromatic N) is 1. The molecule has 1 aliphatic rings. The predicted octanol–water partition coefficient (Wildman–Crippen LogP) is 2.38. The average Bonchev–Trinajstić information content (AvgIpc) is 2.89. The highest BCUT2D eigenvalue weighted by atomic mass is 35.5. The minimum absolute atomic E-state index is 0.0184. The Balaban J connectivity index is 1.75. The van der Waals surface area contributed by atoms with E-state index in [2.05, 4.69) is 5.32 Å². The van der Waals surface area contributed by atoms with Crippen LogP contribution in [0.15, 0.2) is 48.5 Å². The van der Waals surface area contributed by atoms with Crippen LogP contribution in [0.5, 0.6) is 0 Å². The molecule has 0 aromatic heterocycles. The molecule has 1 fully saturated rings. The Bertz CT molecular complexity index is 945. The van der Waals surface area contributed by atoms with E-state index in [4.69, 9.17) is 11.6 Å². The molecule has 3 rings (SSSR count). The number of halogens is 1. The van der Waals surface area contributed by atoms with Gasteiger partial charge in [0.2, 0.25) is 15.9 Å². The summed E-state index contributed by atoms with van der Waals surface area (Å²) in [6.45, 7) is 0.432. The second-order valence-corrected chi connectivity index (χ2v) is 8.23. The van der Waals surface area contributed by atoms with Crippen LogP contribution in [0.1, 0.15) is 22.3 Å². The van der Waals surface area contributed by atoms with Crippen molar-refractivity contribution in [2.45, 2.75) is 12.8 Å². The molecule has 1 saturated heterocycles. The van der Waals surface area contributed by atoms with Crippen LogP contribution in [0.4, 0.5) is 5.69 Å². The van der Waals surface area contributed by atoms with Crippen molar-refractivity contribution in [1.82, 2.24) is 5.32 Å². The van der Waals surface area contributed by atoms with Crippen molar-refractivity contribution >= 4 is 39.1 Å². The van der Waals surface area contributed by atoms with Gasteiger partial charge in [0.1, 0.15) is 0 Å². The standard InChI is InChI=1S/C18H17ClN2O4S/c19-15-7-6-14(12-16(15)21-17(22)9-11-26(21,24)25)18(23)20-10-8-13-4-2-1-3-5-13/h1-7,12H,8-11H2,(H,20,23). The normalized spacial score (nSPS) is 15.9. The fourth-order valence-electron chi connectivity index (χ4n) is 2.73. The van der Waals surface area contributed by atoms with Crippen LogP contribution in [0.2, 0.25) is 5.02 Å². The predicted molar refractivity (Wildman–Crippen MR) is 99.8 cm³/mol. The van der Waals surface area contributed by atoms with Crippen LogP contribution in [-0.4, -0.2) is 32.5 Å². The molecule has 0 aliphatic carbocycles. The van der Waals surface area contributed by atoms with Crippen molar-refractivity contribution in [3.63, 3.8) is 0 Å². The van der Waals surface area contributed by atoms with E-state index in [1.807, 2.05) is 30.3 Å². The summed E-state index contributed by atoms with van der Waals surface area (Å²) in [5, 5.41) is 2.88. The van der Waals surface area contributed by atoms with Gasteiger partial charge in [0.15, 0.2) is 0 Å². The Labute approximate surface area is 156 Å². The molecule has 2 aromatic rings. The first-order chi connectivity index (χ1) is 12.4. The maximum atomic E-state index is 12.3. The van der Waals surface area contributed by atoms with E-state index < -0.39 is 15.9 Å². The van der Waals surface area contributed by atoms with Gasteiger partial charge in [-0.05, 0) is 30.2 Å². The van der Waals surface area contributed by atoms with E-state index in [9.17, 15) is 18.0 Å². The lowest BCUT2D eigenvalue weighted by Gasteiger charge is -2.17. The van der Waals surface area contributed by atoms with E-state index in [0.29, 0.717) is 17.3 Å². The first kappa shape index (κ1) is 18.4. The maximum Gasteiger partial charge on any atom is 0.251 e. The lowest BCUT2D eigenvalue weighted by molar-refractivity contribution is -0.116. The van der Waals surface area contributed by atoms with Gasteiger partial charge in [-0.25, -0.2) is 12.7 Å². The molecular formula is C18H17ClN2O4S. The molecular weight excluding hydrogens is 376 g/mol. The molecule has 136 valence electrons. The summed E-state index contributed by atoms with van der Waals surface area (Å²) in [5.41, 5.74) is 1.36. The summed E-state index contributed by atoms with van der Waals surface area (Å²) in [6, 6.07) is 14.0. The van der Waals surface area contributed by atoms with Crippen LogP contribution in [0.3, 0.4) is 0 Å². The summed E-state index contributed by atoms with van der Waals surface area (Å²) in [4.78, 5) is 24.3. The van der Waals surface area contributed by atoms with E-state index in [0.717, 1.165) is 5.56 Å². The lowest BCUT2D eigenvalue weighted by Crippen LogP contribution is -2.30. The van der Waals surface area contributed by atoms with E-state index in [-0.39, 0.29) is 34.4 Å². The summed E-state index contributed by atoms with van der Waals surface area (Å²) in [5.74, 6) is -1.16. The molecule has 26 heavy (non-hydrogen) atoms. The van der Waals surface area contributed by atoms with Crippen LogP contribution >= 0.6 is 11.6 Å². The Hall–Kier alpha value is -2.38. The zero-order chi connectivity index (χ0) is 18.7. The van der Waals surface area contributed by atoms with Crippen molar-refractivity contribution in [2.75, 3.05) is 16.6 Å². The Kier molecular flexibility index (Phi) is 5.29. The second-order valence-electron chi connectivity index (χ2n) is 5.88. The summed E-state index contributed by atoms with van der Waals surface area (Å²) < 4.78 is 24.9. The zero-order valence-corrected chi connectivity index (χ0v) is 15.4. The molecule has 0 radical (unpaired) electrons. The third-order valence-electron chi connectivity index (χ3n) is 4.05. The van der Waals surface area contributed by atoms with Gasteiger partial charge in [0.05, 0.1) is 16.5 Å². The fourth-order valence-corrected chi connectivity index (χ4v) is 4.44. The molecule has 2 amide bonds. The number of sulfonamides is 1. The number of anilines is 1. The highest BCUT2D eigenvalue weighted by Crippen LogP contribution is 2.32.